The molecule has 0 aliphatic heterocycles. The van der Waals surface area contributed by atoms with Crippen molar-refractivity contribution in [2.24, 2.45) is 5.92 Å². The van der Waals surface area contributed by atoms with E-state index in [-0.39, 0.29) is 24.4 Å². The zero-order valence-electron chi connectivity index (χ0n) is 18.9. The molecule has 2 amide bonds. The molecule has 5 nitrogen and oxygen atoms in total. The number of hydrogen-bond acceptors (Lipinski definition) is 3. The third-order valence-corrected chi connectivity index (χ3v) is 5.13. The van der Waals surface area contributed by atoms with Gasteiger partial charge >= 0.3 is 0 Å². The van der Waals surface area contributed by atoms with Gasteiger partial charge in [0, 0.05) is 31.4 Å². The largest absolute Gasteiger partial charge is 0.345 e. The van der Waals surface area contributed by atoms with Crippen LogP contribution >= 0.6 is 0 Å². The Morgan fingerprint density at radius 2 is 1.60 bits per heavy atom. The second kappa shape index (κ2) is 11.5. The topological polar surface area (TPSA) is 61.4 Å². The molecule has 1 atom stereocenters. The molecule has 162 valence electrons. The molecule has 2 aromatic rings. The van der Waals surface area contributed by atoms with Crippen LogP contribution in [0, 0.1) is 5.92 Å². The molecule has 0 bridgehead atoms. The van der Waals surface area contributed by atoms with Crippen molar-refractivity contribution in [1.29, 1.82) is 0 Å². The first-order chi connectivity index (χ1) is 14.3. The van der Waals surface area contributed by atoms with Gasteiger partial charge in [-0.1, -0.05) is 51.5 Å². The maximum atomic E-state index is 12.4. The second-order valence-electron chi connectivity index (χ2n) is 8.27. The van der Waals surface area contributed by atoms with Crippen molar-refractivity contribution in [2.75, 3.05) is 26.0 Å². The molecule has 0 aromatic heterocycles. The summed E-state index contributed by atoms with van der Waals surface area (Å²) in [5.74, 6) is 0.192. The highest BCUT2D eigenvalue weighted by Gasteiger charge is 2.17. The van der Waals surface area contributed by atoms with Crippen LogP contribution in [0.3, 0.4) is 0 Å². The molecule has 0 radical (unpaired) electrons. The number of anilines is 1. The van der Waals surface area contributed by atoms with Crippen LogP contribution in [-0.4, -0.2) is 37.4 Å². The van der Waals surface area contributed by atoms with Gasteiger partial charge in [-0.15, -0.1) is 0 Å². The number of amides is 2. The summed E-state index contributed by atoms with van der Waals surface area (Å²) in [6, 6.07) is 15.8. The van der Waals surface area contributed by atoms with Crippen molar-refractivity contribution in [3.8, 4) is 0 Å². The van der Waals surface area contributed by atoms with Crippen LogP contribution in [0.2, 0.25) is 0 Å². The molecular weight excluding hydrogens is 374 g/mol. The highest BCUT2D eigenvalue weighted by atomic mass is 16.2. The van der Waals surface area contributed by atoms with Crippen LogP contribution < -0.4 is 10.6 Å². The van der Waals surface area contributed by atoms with E-state index in [0.717, 1.165) is 6.42 Å². The highest BCUT2D eigenvalue weighted by molar-refractivity contribution is 5.96. The number of carbonyl (C=O) groups excluding carboxylic acids is 2. The fourth-order valence-electron chi connectivity index (χ4n) is 3.37. The summed E-state index contributed by atoms with van der Waals surface area (Å²) >= 11 is 0. The average Bonchev–Trinajstić information content (AvgIpc) is 2.73. The zero-order valence-corrected chi connectivity index (χ0v) is 18.9. The highest BCUT2D eigenvalue weighted by Crippen LogP contribution is 2.22. The molecule has 0 fully saturated rings. The first kappa shape index (κ1) is 23.6. The summed E-state index contributed by atoms with van der Waals surface area (Å²) in [4.78, 5) is 25.9. The summed E-state index contributed by atoms with van der Waals surface area (Å²) in [6.07, 6.45) is 3.51. The Labute approximate surface area is 180 Å². The van der Waals surface area contributed by atoms with Crippen molar-refractivity contribution in [1.82, 2.24) is 10.2 Å². The van der Waals surface area contributed by atoms with Gasteiger partial charge in [-0.3, -0.25) is 9.59 Å². The van der Waals surface area contributed by atoms with Gasteiger partial charge < -0.3 is 15.5 Å². The van der Waals surface area contributed by atoms with E-state index < -0.39 is 0 Å². The minimum atomic E-state index is -0.105. The molecule has 0 aliphatic rings. The standard InChI is InChI=1S/C25H35N3O2/c1-6-7-8-19-9-11-20(12-10-19)24(18(2)3)26-17-23(29)27-22-15-13-21(14-16-22)25(30)28(4)5/h9-16,18,24,26H,6-8,17H2,1-5H3,(H,27,29)/t24-/m0/s1. The van der Waals surface area contributed by atoms with E-state index in [9.17, 15) is 9.59 Å². The predicted molar refractivity (Wildman–Crippen MR) is 124 cm³/mol. The predicted octanol–water partition coefficient (Wildman–Crippen LogP) is 4.66. The summed E-state index contributed by atoms with van der Waals surface area (Å²) < 4.78 is 0. The van der Waals surface area contributed by atoms with Gasteiger partial charge in [0.1, 0.15) is 0 Å². The fraction of sp³-hybridized carbons (Fsp3) is 0.440. The van der Waals surface area contributed by atoms with Crippen LogP contribution in [0.25, 0.3) is 0 Å². The van der Waals surface area contributed by atoms with Crippen LogP contribution in [0.5, 0.6) is 0 Å². The number of nitrogens with zero attached hydrogens (tertiary/aromatic N) is 1. The minimum absolute atomic E-state index is 0.0602. The third kappa shape index (κ3) is 6.99. The van der Waals surface area contributed by atoms with Crippen LogP contribution in [0.4, 0.5) is 5.69 Å². The van der Waals surface area contributed by atoms with Crippen LogP contribution in [-0.2, 0) is 11.2 Å². The van der Waals surface area contributed by atoms with Crippen LogP contribution in [0.15, 0.2) is 48.5 Å². The van der Waals surface area contributed by atoms with Crippen molar-refractivity contribution in [2.45, 2.75) is 46.1 Å². The molecule has 0 saturated heterocycles. The summed E-state index contributed by atoms with van der Waals surface area (Å²) in [6.45, 7) is 6.73. The lowest BCUT2D eigenvalue weighted by Crippen LogP contribution is -2.33. The Bertz CT molecular complexity index is 811. The lowest BCUT2D eigenvalue weighted by atomic mass is 9.94. The summed E-state index contributed by atoms with van der Waals surface area (Å²) in [5.41, 5.74) is 3.83. The molecule has 0 saturated carbocycles. The average molecular weight is 410 g/mol. The second-order valence-corrected chi connectivity index (χ2v) is 8.27. The zero-order chi connectivity index (χ0) is 22.1. The van der Waals surface area contributed by atoms with Gasteiger partial charge in [-0.2, -0.15) is 0 Å². The van der Waals surface area contributed by atoms with E-state index in [1.165, 1.54) is 28.9 Å². The lowest BCUT2D eigenvalue weighted by Gasteiger charge is -2.23. The number of aryl methyl sites for hydroxylation is 1. The smallest absolute Gasteiger partial charge is 0.253 e. The molecule has 30 heavy (non-hydrogen) atoms. The molecule has 2 N–H and O–H groups in total. The van der Waals surface area contributed by atoms with Gasteiger partial charge in [-0.25, -0.2) is 0 Å². The van der Waals surface area contributed by atoms with Gasteiger partial charge in [0.05, 0.1) is 6.54 Å². The normalized spacial score (nSPS) is 11.9. The van der Waals surface area contributed by atoms with E-state index in [2.05, 4.69) is 55.7 Å². The fourth-order valence-corrected chi connectivity index (χ4v) is 3.37. The number of nitrogens with one attached hydrogen (secondary N) is 2. The van der Waals surface area contributed by atoms with E-state index in [1.54, 1.807) is 38.4 Å². The molecule has 2 aromatic carbocycles. The third-order valence-electron chi connectivity index (χ3n) is 5.13. The minimum Gasteiger partial charge on any atom is -0.345 e. The number of benzene rings is 2. The van der Waals surface area contributed by atoms with Crippen molar-refractivity contribution in [3.63, 3.8) is 0 Å². The summed E-state index contributed by atoms with van der Waals surface area (Å²) in [7, 11) is 3.43. The first-order valence-corrected chi connectivity index (χ1v) is 10.8. The van der Waals surface area contributed by atoms with Crippen molar-refractivity contribution < 1.29 is 9.59 Å². The Kier molecular flexibility index (Phi) is 9.06. The lowest BCUT2D eigenvalue weighted by molar-refractivity contribution is -0.115. The van der Waals surface area contributed by atoms with Gasteiger partial charge in [0.2, 0.25) is 5.91 Å². The molecule has 0 spiro atoms. The molecular formula is C25H35N3O2. The Morgan fingerprint density at radius 3 is 2.13 bits per heavy atom. The Balaban J connectivity index is 1.93. The molecule has 0 unspecified atom stereocenters. The number of unbranched alkanes of at least 4 members (excludes halogenated alkanes) is 1. The van der Waals surface area contributed by atoms with Gasteiger partial charge in [0.15, 0.2) is 0 Å². The number of rotatable bonds is 10. The van der Waals surface area contributed by atoms with Crippen LogP contribution in [0.1, 0.15) is 61.1 Å². The Hall–Kier alpha value is -2.66. The van der Waals surface area contributed by atoms with E-state index >= 15 is 0 Å². The first-order valence-electron chi connectivity index (χ1n) is 10.8. The van der Waals surface area contributed by atoms with E-state index in [4.69, 9.17) is 0 Å². The van der Waals surface area contributed by atoms with E-state index in [1.807, 2.05) is 0 Å². The SMILES string of the molecule is CCCCc1ccc([C@@H](NCC(=O)Nc2ccc(C(=O)N(C)C)cc2)C(C)C)cc1. The van der Waals surface area contributed by atoms with Crippen molar-refractivity contribution in [3.05, 3.63) is 65.2 Å². The van der Waals surface area contributed by atoms with Gasteiger partial charge in [0.25, 0.3) is 5.91 Å². The maximum Gasteiger partial charge on any atom is 0.253 e. The summed E-state index contributed by atoms with van der Waals surface area (Å²) in [5, 5.41) is 6.28. The number of hydrogen-bond donors (Lipinski definition) is 2. The van der Waals surface area contributed by atoms with Gasteiger partial charge in [-0.05, 0) is 54.2 Å². The number of carbonyl (C=O) groups is 2. The van der Waals surface area contributed by atoms with Crippen molar-refractivity contribution >= 4 is 17.5 Å². The molecule has 0 aliphatic carbocycles. The Morgan fingerprint density at radius 1 is 0.967 bits per heavy atom. The monoisotopic (exact) mass is 409 g/mol. The quantitative estimate of drug-likeness (QED) is 0.600. The van der Waals surface area contributed by atoms with E-state index in [0.29, 0.717) is 17.2 Å². The molecule has 0 heterocycles. The molecule has 2 rings (SSSR count). The maximum absolute atomic E-state index is 12.4. The molecule has 5 heteroatoms.